The molecule has 0 fully saturated rings. The van der Waals surface area contributed by atoms with Gasteiger partial charge in [0.05, 0.1) is 6.34 Å². The van der Waals surface area contributed by atoms with Crippen LogP contribution < -0.4 is 0 Å². The van der Waals surface area contributed by atoms with Crippen LogP contribution in [-0.2, 0) is 0 Å². The fourth-order valence-electron chi connectivity index (χ4n) is 1.22. The first-order valence-corrected chi connectivity index (χ1v) is 3.90. The number of hydrogen-bond acceptors (Lipinski definition) is 2. The number of nitrogens with zero attached hydrogens (tertiary/aromatic N) is 2. The third-order valence-corrected chi connectivity index (χ3v) is 2.08. The fraction of sp³-hybridized carbons (Fsp3) is 0.875. The molecule has 1 heterocycles. The molecule has 0 saturated heterocycles. The van der Waals surface area contributed by atoms with E-state index in [0.717, 1.165) is 18.4 Å². The second-order valence-electron chi connectivity index (χ2n) is 3.42. The van der Waals surface area contributed by atoms with E-state index in [2.05, 4.69) is 30.8 Å². The van der Waals surface area contributed by atoms with Gasteiger partial charge in [0.25, 0.3) is 0 Å². The van der Waals surface area contributed by atoms with Gasteiger partial charge in [0.2, 0.25) is 0 Å². The Morgan fingerprint density at radius 2 is 2.30 bits per heavy atom. The van der Waals surface area contributed by atoms with E-state index in [1.165, 1.54) is 6.54 Å². The molecule has 0 saturated carbocycles. The maximum Gasteiger partial charge on any atom is 0.0847 e. The minimum absolute atomic E-state index is 0.759. The molecule has 1 atom stereocenters. The first kappa shape index (κ1) is 7.58. The van der Waals surface area contributed by atoms with E-state index in [1.807, 2.05) is 6.34 Å². The molecular weight excluding hydrogens is 124 g/mol. The smallest absolute Gasteiger partial charge is 0.0847 e. The molecule has 0 radical (unpaired) electrons. The summed E-state index contributed by atoms with van der Waals surface area (Å²) in [7, 11) is 2.08. The van der Waals surface area contributed by atoms with Crippen molar-refractivity contribution in [3.63, 3.8) is 0 Å². The Balaban J connectivity index is 2.44. The van der Waals surface area contributed by atoms with Crippen molar-refractivity contribution >= 4 is 6.34 Å². The van der Waals surface area contributed by atoms with Crippen LogP contribution in [-0.4, -0.2) is 31.4 Å². The van der Waals surface area contributed by atoms with Crippen LogP contribution in [0.15, 0.2) is 4.99 Å². The lowest BCUT2D eigenvalue weighted by atomic mass is 9.95. The van der Waals surface area contributed by atoms with Crippen molar-refractivity contribution in [2.75, 3.05) is 20.1 Å². The molecule has 1 rings (SSSR count). The quantitative estimate of drug-likeness (QED) is 0.535. The molecule has 0 aromatic heterocycles. The first-order valence-electron chi connectivity index (χ1n) is 3.90. The van der Waals surface area contributed by atoms with Gasteiger partial charge in [-0.15, -0.1) is 0 Å². The predicted octanol–water partition coefficient (Wildman–Crippen LogP) is 1.23. The largest absolute Gasteiger partial charge is 0.366 e. The van der Waals surface area contributed by atoms with E-state index >= 15 is 0 Å². The Morgan fingerprint density at radius 3 is 2.70 bits per heavy atom. The van der Waals surface area contributed by atoms with Crippen LogP contribution in [0.5, 0.6) is 0 Å². The highest BCUT2D eigenvalue weighted by Crippen LogP contribution is 2.14. The van der Waals surface area contributed by atoms with Crippen molar-refractivity contribution in [1.29, 1.82) is 0 Å². The fourth-order valence-corrected chi connectivity index (χ4v) is 1.22. The van der Waals surface area contributed by atoms with Crippen LogP contribution in [0, 0.1) is 11.8 Å². The highest BCUT2D eigenvalue weighted by atomic mass is 15.1. The van der Waals surface area contributed by atoms with Crippen molar-refractivity contribution < 1.29 is 0 Å². The monoisotopic (exact) mass is 140 g/mol. The maximum absolute atomic E-state index is 4.26. The van der Waals surface area contributed by atoms with Gasteiger partial charge in [0, 0.05) is 20.1 Å². The molecule has 0 spiro atoms. The molecule has 2 nitrogen and oxygen atoms in total. The van der Waals surface area contributed by atoms with E-state index < -0.39 is 0 Å². The van der Waals surface area contributed by atoms with Gasteiger partial charge in [0.15, 0.2) is 0 Å². The van der Waals surface area contributed by atoms with Gasteiger partial charge in [0.1, 0.15) is 0 Å². The van der Waals surface area contributed by atoms with Crippen LogP contribution >= 0.6 is 0 Å². The summed E-state index contributed by atoms with van der Waals surface area (Å²) >= 11 is 0. The Bertz CT molecular complexity index is 129. The van der Waals surface area contributed by atoms with Crippen LogP contribution in [0.1, 0.15) is 13.8 Å². The first-order chi connectivity index (χ1) is 4.70. The minimum Gasteiger partial charge on any atom is -0.366 e. The molecule has 0 bridgehead atoms. The summed E-state index contributed by atoms with van der Waals surface area (Å²) in [6, 6.07) is 0. The SMILES string of the molecule is CC(C)C1CN=CN(C)C1. The van der Waals surface area contributed by atoms with Gasteiger partial charge >= 0.3 is 0 Å². The van der Waals surface area contributed by atoms with Crippen LogP contribution in [0.3, 0.4) is 0 Å². The summed E-state index contributed by atoms with van der Waals surface area (Å²) in [5, 5.41) is 0. The van der Waals surface area contributed by atoms with Gasteiger partial charge in [-0.05, 0) is 11.8 Å². The summed E-state index contributed by atoms with van der Waals surface area (Å²) in [6.07, 6.45) is 1.93. The third-order valence-electron chi connectivity index (χ3n) is 2.08. The number of rotatable bonds is 1. The van der Waals surface area contributed by atoms with Crippen molar-refractivity contribution in [3.05, 3.63) is 0 Å². The molecule has 1 unspecified atom stereocenters. The van der Waals surface area contributed by atoms with Gasteiger partial charge in [-0.1, -0.05) is 13.8 Å². The Morgan fingerprint density at radius 1 is 1.60 bits per heavy atom. The van der Waals surface area contributed by atoms with Gasteiger partial charge in [-0.25, -0.2) is 0 Å². The van der Waals surface area contributed by atoms with Gasteiger partial charge in [-0.2, -0.15) is 0 Å². The summed E-state index contributed by atoms with van der Waals surface area (Å²) in [5.74, 6) is 1.52. The summed E-state index contributed by atoms with van der Waals surface area (Å²) in [5.41, 5.74) is 0. The summed E-state index contributed by atoms with van der Waals surface area (Å²) in [6.45, 7) is 6.71. The Kier molecular flexibility index (Phi) is 2.30. The van der Waals surface area contributed by atoms with Crippen molar-refractivity contribution in [1.82, 2.24) is 4.90 Å². The molecule has 2 heteroatoms. The minimum atomic E-state index is 0.759. The third kappa shape index (κ3) is 1.72. The van der Waals surface area contributed by atoms with E-state index in [1.54, 1.807) is 0 Å². The van der Waals surface area contributed by atoms with E-state index in [-0.39, 0.29) is 0 Å². The second kappa shape index (κ2) is 3.04. The molecule has 0 amide bonds. The average molecular weight is 140 g/mol. The van der Waals surface area contributed by atoms with Crippen molar-refractivity contribution in [2.45, 2.75) is 13.8 Å². The molecule has 10 heavy (non-hydrogen) atoms. The topological polar surface area (TPSA) is 15.6 Å². The van der Waals surface area contributed by atoms with Crippen molar-refractivity contribution in [3.8, 4) is 0 Å². The number of aliphatic imine (C=N–C) groups is 1. The van der Waals surface area contributed by atoms with E-state index in [9.17, 15) is 0 Å². The predicted molar refractivity (Wildman–Crippen MR) is 44.3 cm³/mol. The molecule has 58 valence electrons. The highest BCUT2D eigenvalue weighted by Gasteiger charge is 2.16. The molecule has 0 aliphatic carbocycles. The normalized spacial score (nSPS) is 26.0. The zero-order valence-corrected chi connectivity index (χ0v) is 7.04. The summed E-state index contributed by atoms with van der Waals surface area (Å²) < 4.78 is 0. The summed E-state index contributed by atoms with van der Waals surface area (Å²) in [4.78, 5) is 6.42. The van der Waals surface area contributed by atoms with Gasteiger partial charge < -0.3 is 4.90 Å². The molecule has 0 aromatic rings. The van der Waals surface area contributed by atoms with Crippen LogP contribution in [0.4, 0.5) is 0 Å². The molecular formula is C8H16N2. The zero-order valence-electron chi connectivity index (χ0n) is 7.04. The molecule has 1 aliphatic rings. The molecule has 0 N–H and O–H groups in total. The second-order valence-corrected chi connectivity index (χ2v) is 3.42. The molecule has 0 aromatic carbocycles. The standard InChI is InChI=1S/C8H16N2/c1-7(2)8-4-9-6-10(3)5-8/h6-8H,4-5H2,1-3H3. The lowest BCUT2D eigenvalue weighted by Crippen LogP contribution is -2.33. The average Bonchev–Trinajstić information content (AvgIpc) is 1.88. The Labute approximate surface area is 62.9 Å². The van der Waals surface area contributed by atoms with Crippen LogP contribution in [0.2, 0.25) is 0 Å². The zero-order chi connectivity index (χ0) is 7.56. The van der Waals surface area contributed by atoms with E-state index in [0.29, 0.717) is 0 Å². The van der Waals surface area contributed by atoms with Crippen LogP contribution in [0.25, 0.3) is 0 Å². The van der Waals surface area contributed by atoms with E-state index in [4.69, 9.17) is 0 Å². The molecule has 1 aliphatic heterocycles. The van der Waals surface area contributed by atoms with Crippen molar-refractivity contribution in [2.24, 2.45) is 16.8 Å². The maximum atomic E-state index is 4.26. The lowest BCUT2D eigenvalue weighted by molar-refractivity contribution is 0.301. The lowest BCUT2D eigenvalue weighted by Gasteiger charge is -2.27. The Hall–Kier alpha value is -0.530. The van der Waals surface area contributed by atoms with Gasteiger partial charge in [-0.3, -0.25) is 4.99 Å². The number of hydrogen-bond donors (Lipinski definition) is 0. The highest BCUT2D eigenvalue weighted by molar-refractivity contribution is 5.55.